The molecule has 1 N–H and O–H groups in total. The molecule has 2 saturated heterocycles. The van der Waals surface area contributed by atoms with Crippen molar-refractivity contribution < 1.29 is 9.59 Å². The number of carbonyl (C=O) groups excluding carboxylic acids is 2. The van der Waals surface area contributed by atoms with E-state index in [0.717, 1.165) is 36.8 Å². The van der Waals surface area contributed by atoms with Crippen molar-refractivity contribution in [3.8, 4) is 0 Å². The molecule has 1 saturated carbocycles. The van der Waals surface area contributed by atoms with Crippen LogP contribution >= 0.6 is 15.9 Å². The number of nitrogens with zero attached hydrogens (tertiary/aromatic N) is 2. The third-order valence-corrected chi connectivity index (χ3v) is 6.81. The molecule has 27 heavy (non-hydrogen) atoms. The predicted octanol–water partition coefficient (Wildman–Crippen LogP) is 3.18. The lowest BCUT2D eigenvalue weighted by atomic mass is 10.1. The van der Waals surface area contributed by atoms with Crippen LogP contribution in [-0.4, -0.2) is 48.9 Å². The molecule has 2 aliphatic heterocycles. The number of amides is 2. The molecule has 3 aliphatic rings. The predicted molar refractivity (Wildman–Crippen MR) is 110 cm³/mol. The maximum absolute atomic E-state index is 12.6. The Morgan fingerprint density at radius 1 is 1.19 bits per heavy atom. The molecule has 1 aliphatic carbocycles. The second-order valence-electron chi connectivity index (χ2n) is 8.21. The van der Waals surface area contributed by atoms with E-state index in [2.05, 4.69) is 44.3 Å². The van der Waals surface area contributed by atoms with Gasteiger partial charge in [-0.05, 0) is 43.4 Å². The molecule has 1 aromatic carbocycles. The molecule has 5 nitrogen and oxygen atoms in total. The molecular weight excluding hydrogens is 406 g/mol. The van der Waals surface area contributed by atoms with E-state index in [1.165, 1.54) is 18.5 Å². The van der Waals surface area contributed by atoms with Crippen molar-refractivity contribution in [3.05, 3.63) is 28.7 Å². The normalized spacial score (nSPS) is 26.2. The highest BCUT2D eigenvalue weighted by atomic mass is 79.9. The fraction of sp³-hybridized carbons (Fsp3) is 0.619. The summed E-state index contributed by atoms with van der Waals surface area (Å²) in [6.07, 6.45) is 6.10. The van der Waals surface area contributed by atoms with Gasteiger partial charge < -0.3 is 15.1 Å². The zero-order valence-electron chi connectivity index (χ0n) is 15.7. The van der Waals surface area contributed by atoms with Crippen LogP contribution < -0.4 is 10.2 Å². The van der Waals surface area contributed by atoms with Crippen molar-refractivity contribution in [3.63, 3.8) is 0 Å². The number of likely N-dealkylation sites (tertiary alicyclic amines) is 1. The minimum Gasteiger partial charge on any atom is -0.371 e. The largest absolute Gasteiger partial charge is 0.371 e. The van der Waals surface area contributed by atoms with Crippen molar-refractivity contribution in [2.75, 3.05) is 31.1 Å². The second-order valence-corrected chi connectivity index (χ2v) is 9.13. The number of rotatable bonds is 5. The van der Waals surface area contributed by atoms with Gasteiger partial charge in [-0.2, -0.15) is 0 Å². The monoisotopic (exact) mass is 433 g/mol. The fourth-order valence-corrected chi connectivity index (χ4v) is 5.16. The summed E-state index contributed by atoms with van der Waals surface area (Å²) in [5.41, 5.74) is 1.23. The molecule has 146 valence electrons. The Balaban J connectivity index is 1.24. The van der Waals surface area contributed by atoms with Gasteiger partial charge in [0.1, 0.15) is 0 Å². The Kier molecular flexibility index (Phi) is 5.71. The Labute approximate surface area is 169 Å². The molecule has 0 spiro atoms. The van der Waals surface area contributed by atoms with Gasteiger partial charge in [0.25, 0.3) is 0 Å². The van der Waals surface area contributed by atoms with E-state index in [0.29, 0.717) is 31.5 Å². The first-order valence-corrected chi connectivity index (χ1v) is 11.0. The molecule has 6 heteroatoms. The van der Waals surface area contributed by atoms with Gasteiger partial charge in [0.15, 0.2) is 0 Å². The number of hydrogen-bond acceptors (Lipinski definition) is 3. The van der Waals surface area contributed by atoms with E-state index < -0.39 is 0 Å². The highest BCUT2D eigenvalue weighted by Gasteiger charge is 2.38. The highest BCUT2D eigenvalue weighted by molar-refractivity contribution is 9.10. The van der Waals surface area contributed by atoms with Gasteiger partial charge in [-0.3, -0.25) is 9.59 Å². The van der Waals surface area contributed by atoms with Crippen molar-refractivity contribution >= 4 is 33.4 Å². The summed E-state index contributed by atoms with van der Waals surface area (Å²) in [5, 5.41) is 3.13. The molecule has 4 rings (SSSR count). The van der Waals surface area contributed by atoms with Crippen molar-refractivity contribution in [1.82, 2.24) is 10.2 Å². The second kappa shape index (κ2) is 8.21. The fourth-order valence-electron chi connectivity index (χ4n) is 4.77. The van der Waals surface area contributed by atoms with Gasteiger partial charge in [-0.15, -0.1) is 0 Å². The molecule has 2 atom stereocenters. The lowest BCUT2D eigenvalue weighted by Crippen LogP contribution is -2.38. The first-order chi connectivity index (χ1) is 13.1. The van der Waals surface area contributed by atoms with Gasteiger partial charge in [0, 0.05) is 48.8 Å². The van der Waals surface area contributed by atoms with Crippen LogP contribution in [0.15, 0.2) is 28.7 Å². The Morgan fingerprint density at radius 3 is 2.78 bits per heavy atom. The topological polar surface area (TPSA) is 52.7 Å². The first kappa shape index (κ1) is 18.8. The summed E-state index contributed by atoms with van der Waals surface area (Å²) in [7, 11) is 0. The zero-order chi connectivity index (χ0) is 18.8. The summed E-state index contributed by atoms with van der Waals surface area (Å²) < 4.78 is 1.09. The minimum absolute atomic E-state index is 0.0600. The van der Waals surface area contributed by atoms with Crippen LogP contribution in [0.5, 0.6) is 0 Å². The number of carbonyl (C=O) groups is 2. The average Bonchev–Trinajstić information content (AvgIpc) is 3.40. The molecule has 0 bridgehead atoms. The number of anilines is 1. The highest BCUT2D eigenvalue weighted by Crippen LogP contribution is 2.30. The Morgan fingerprint density at radius 2 is 2.00 bits per heavy atom. The van der Waals surface area contributed by atoms with Gasteiger partial charge in [-0.1, -0.05) is 34.8 Å². The van der Waals surface area contributed by atoms with Gasteiger partial charge >= 0.3 is 0 Å². The summed E-state index contributed by atoms with van der Waals surface area (Å²) in [6.45, 7) is 3.31. The van der Waals surface area contributed by atoms with E-state index in [1.807, 2.05) is 11.0 Å². The van der Waals surface area contributed by atoms with Crippen molar-refractivity contribution in [2.24, 2.45) is 11.8 Å². The summed E-state index contributed by atoms with van der Waals surface area (Å²) >= 11 is 3.53. The third-order valence-electron chi connectivity index (χ3n) is 6.32. The smallest absolute Gasteiger partial charge is 0.225 e. The van der Waals surface area contributed by atoms with E-state index in [9.17, 15) is 9.59 Å². The third kappa shape index (κ3) is 4.31. The first-order valence-electron chi connectivity index (χ1n) is 10.2. The molecular formula is C21H28BrN3O2. The van der Waals surface area contributed by atoms with Crippen LogP contribution in [0, 0.1) is 11.8 Å². The van der Waals surface area contributed by atoms with E-state index >= 15 is 0 Å². The number of hydrogen-bond donors (Lipinski definition) is 1. The van der Waals surface area contributed by atoms with Crippen LogP contribution in [-0.2, 0) is 9.59 Å². The van der Waals surface area contributed by atoms with E-state index in [1.54, 1.807) is 0 Å². The van der Waals surface area contributed by atoms with Crippen LogP contribution in [0.25, 0.3) is 0 Å². The minimum atomic E-state index is -0.166. The van der Waals surface area contributed by atoms with E-state index in [4.69, 9.17) is 0 Å². The summed E-state index contributed by atoms with van der Waals surface area (Å²) in [4.78, 5) is 29.2. The summed E-state index contributed by atoms with van der Waals surface area (Å²) in [5.74, 6) is 0.533. The van der Waals surface area contributed by atoms with Gasteiger partial charge in [-0.25, -0.2) is 0 Å². The van der Waals surface area contributed by atoms with Crippen LogP contribution in [0.2, 0.25) is 0 Å². The van der Waals surface area contributed by atoms with Crippen LogP contribution in [0.1, 0.15) is 38.5 Å². The average molecular weight is 434 g/mol. The lowest BCUT2D eigenvalue weighted by Gasteiger charge is -2.24. The van der Waals surface area contributed by atoms with E-state index in [-0.39, 0.29) is 17.7 Å². The molecule has 1 aromatic rings. The SMILES string of the molecule is O=C(NC[C@H]1CCN(c2cccc(Br)c2)C1)[C@@H]1CC(=O)N(C2CCCC2)C1. The van der Waals surface area contributed by atoms with Gasteiger partial charge in [0.2, 0.25) is 11.8 Å². The Hall–Kier alpha value is -1.56. The Bertz CT molecular complexity index is 704. The van der Waals surface area contributed by atoms with Crippen LogP contribution in [0.3, 0.4) is 0 Å². The maximum atomic E-state index is 12.6. The number of halogens is 1. The van der Waals surface area contributed by atoms with Crippen LogP contribution in [0.4, 0.5) is 5.69 Å². The standard InChI is InChI=1S/C21H28BrN3O2/c22-17-4-3-7-19(11-17)24-9-8-15(13-24)12-23-21(27)16-10-20(26)25(14-16)18-5-1-2-6-18/h3-4,7,11,15-16,18H,1-2,5-6,8-10,12-14H2,(H,23,27)/t15-,16-/m1/s1. The molecule has 2 heterocycles. The molecule has 2 amide bonds. The molecule has 0 unspecified atom stereocenters. The quantitative estimate of drug-likeness (QED) is 0.775. The molecule has 0 radical (unpaired) electrons. The zero-order valence-corrected chi connectivity index (χ0v) is 17.3. The van der Waals surface area contributed by atoms with Gasteiger partial charge in [0.05, 0.1) is 5.92 Å². The number of benzene rings is 1. The number of nitrogens with one attached hydrogen (secondary N) is 1. The lowest BCUT2D eigenvalue weighted by molar-refractivity contribution is -0.130. The van der Waals surface area contributed by atoms with Crippen molar-refractivity contribution in [2.45, 2.75) is 44.6 Å². The maximum Gasteiger partial charge on any atom is 0.225 e. The van der Waals surface area contributed by atoms with Crippen molar-refractivity contribution in [1.29, 1.82) is 0 Å². The summed E-state index contributed by atoms with van der Waals surface area (Å²) in [6, 6.07) is 8.75. The molecule has 3 fully saturated rings. The molecule has 0 aromatic heterocycles.